The van der Waals surface area contributed by atoms with E-state index < -0.39 is 0 Å². The Labute approximate surface area is 112 Å². The SMILES string of the molecule is CCNc1snnc1COc1ccc(Br)cc1. The molecule has 0 aliphatic heterocycles. The molecule has 1 aromatic carbocycles. The zero-order valence-electron chi connectivity index (χ0n) is 9.31. The number of rotatable bonds is 5. The number of halogens is 1. The third kappa shape index (κ3) is 3.41. The Morgan fingerprint density at radius 2 is 2.12 bits per heavy atom. The standard InChI is InChI=1S/C11H12BrN3OS/c1-2-13-11-10(14-15-17-11)7-16-9-5-3-8(12)4-6-9/h3-6,13H,2,7H2,1H3. The number of aromatic nitrogens is 2. The van der Waals surface area contributed by atoms with Gasteiger partial charge < -0.3 is 10.1 Å². The Balaban J connectivity index is 1.97. The van der Waals surface area contributed by atoms with E-state index in [1.54, 1.807) is 0 Å². The lowest BCUT2D eigenvalue weighted by atomic mass is 10.3. The topological polar surface area (TPSA) is 47.0 Å². The molecule has 2 rings (SSSR count). The quantitative estimate of drug-likeness (QED) is 0.920. The summed E-state index contributed by atoms with van der Waals surface area (Å²) < 4.78 is 10.6. The molecule has 17 heavy (non-hydrogen) atoms. The van der Waals surface area contributed by atoms with Gasteiger partial charge in [0.05, 0.1) is 0 Å². The molecule has 6 heteroatoms. The van der Waals surface area contributed by atoms with Crippen LogP contribution < -0.4 is 10.1 Å². The van der Waals surface area contributed by atoms with Gasteiger partial charge >= 0.3 is 0 Å². The molecule has 0 saturated heterocycles. The van der Waals surface area contributed by atoms with E-state index in [1.165, 1.54) is 11.5 Å². The number of benzene rings is 1. The van der Waals surface area contributed by atoms with Gasteiger partial charge in [0.1, 0.15) is 23.1 Å². The van der Waals surface area contributed by atoms with E-state index in [1.807, 2.05) is 31.2 Å². The van der Waals surface area contributed by atoms with Gasteiger partial charge in [-0.3, -0.25) is 0 Å². The van der Waals surface area contributed by atoms with Gasteiger partial charge in [-0.2, -0.15) is 0 Å². The first-order valence-electron chi connectivity index (χ1n) is 5.23. The van der Waals surface area contributed by atoms with Gasteiger partial charge in [0.25, 0.3) is 0 Å². The normalized spacial score (nSPS) is 10.2. The lowest BCUT2D eigenvalue weighted by Crippen LogP contribution is -2.02. The molecule has 0 spiro atoms. The first-order valence-corrected chi connectivity index (χ1v) is 6.79. The summed E-state index contributed by atoms with van der Waals surface area (Å²) in [6, 6.07) is 7.72. The Bertz CT molecular complexity index is 472. The van der Waals surface area contributed by atoms with Crippen LogP contribution in [0.5, 0.6) is 5.75 Å². The van der Waals surface area contributed by atoms with Crippen LogP contribution in [0, 0.1) is 0 Å². The van der Waals surface area contributed by atoms with Crippen LogP contribution in [0.4, 0.5) is 5.00 Å². The molecule has 1 heterocycles. The summed E-state index contributed by atoms with van der Waals surface area (Å²) in [6.07, 6.45) is 0. The number of hydrogen-bond donors (Lipinski definition) is 1. The second-order valence-electron chi connectivity index (χ2n) is 3.32. The Morgan fingerprint density at radius 1 is 1.35 bits per heavy atom. The van der Waals surface area contributed by atoms with Crippen molar-refractivity contribution < 1.29 is 4.74 Å². The van der Waals surface area contributed by atoms with Crippen molar-refractivity contribution >= 4 is 32.5 Å². The van der Waals surface area contributed by atoms with Crippen LogP contribution in [0.25, 0.3) is 0 Å². The summed E-state index contributed by atoms with van der Waals surface area (Å²) in [5.41, 5.74) is 0.847. The van der Waals surface area contributed by atoms with E-state index in [2.05, 4.69) is 30.8 Å². The van der Waals surface area contributed by atoms with Crippen molar-refractivity contribution in [2.45, 2.75) is 13.5 Å². The molecular weight excluding hydrogens is 302 g/mol. The smallest absolute Gasteiger partial charge is 0.136 e. The highest BCUT2D eigenvalue weighted by Gasteiger charge is 2.07. The highest BCUT2D eigenvalue weighted by atomic mass is 79.9. The maximum Gasteiger partial charge on any atom is 0.136 e. The van der Waals surface area contributed by atoms with E-state index in [4.69, 9.17) is 4.74 Å². The van der Waals surface area contributed by atoms with E-state index in [0.29, 0.717) is 6.61 Å². The first kappa shape index (κ1) is 12.3. The van der Waals surface area contributed by atoms with Crippen LogP contribution in [0.2, 0.25) is 0 Å². The molecule has 0 aliphatic carbocycles. The molecule has 2 aromatic rings. The molecule has 0 atom stereocenters. The minimum Gasteiger partial charge on any atom is -0.487 e. The predicted octanol–water partition coefficient (Wildman–Crippen LogP) is 3.31. The second kappa shape index (κ2) is 5.97. The van der Waals surface area contributed by atoms with Crippen molar-refractivity contribution in [1.82, 2.24) is 9.59 Å². The van der Waals surface area contributed by atoms with Crippen LogP contribution in [0.15, 0.2) is 28.7 Å². The van der Waals surface area contributed by atoms with E-state index in [9.17, 15) is 0 Å². The molecular formula is C11H12BrN3OS. The fourth-order valence-corrected chi connectivity index (χ4v) is 2.18. The van der Waals surface area contributed by atoms with Crippen molar-refractivity contribution in [2.24, 2.45) is 0 Å². The Hall–Kier alpha value is -1.14. The first-order chi connectivity index (χ1) is 8.29. The molecule has 1 aromatic heterocycles. The Morgan fingerprint density at radius 3 is 2.82 bits per heavy atom. The van der Waals surface area contributed by atoms with Crippen molar-refractivity contribution in [3.05, 3.63) is 34.4 Å². The highest BCUT2D eigenvalue weighted by Crippen LogP contribution is 2.21. The fraction of sp³-hybridized carbons (Fsp3) is 0.273. The van der Waals surface area contributed by atoms with Gasteiger partial charge in [-0.1, -0.05) is 20.4 Å². The van der Waals surface area contributed by atoms with Gasteiger partial charge in [-0.25, -0.2) is 0 Å². The van der Waals surface area contributed by atoms with Gasteiger partial charge in [-0.15, -0.1) is 5.10 Å². The Kier molecular flexibility index (Phi) is 4.33. The second-order valence-corrected chi connectivity index (χ2v) is 4.99. The summed E-state index contributed by atoms with van der Waals surface area (Å²) in [5, 5.41) is 8.22. The monoisotopic (exact) mass is 313 g/mol. The van der Waals surface area contributed by atoms with Crippen LogP contribution in [-0.4, -0.2) is 16.1 Å². The van der Waals surface area contributed by atoms with E-state index in [-0.39, 0.29) is 0 Å². The van der Waals surface area contributed by atoms with Crippen molar-refractivity contribution in [3.63, 3.8) is 0 Å². The molecule has 90 valence electrons. The van der Waals surface area contributed by atoms with Gasteiger partial charge in [0, 0.05) is 22.5 Å². The highest BCUT2D eigenvalue weighted by molar-refractivity contribution is 9.10. The van der Waals surface area contributed by atoms with Gasteiger partial charge in [-0.05, 0) is 31.2 Å². The van der Waals surface area contributed by atoms with Crippen LogP contribution in [0.1, 0.15) is 12.6 Å². The number of hydrogen-bond acceptors (Lipinski definition) is 5. The van der Waals surface area contributed by atoms with Crippen molar-refractivity contribution in [3.8, 4) is 5.75 Å². The average molecular weight is 314 g/mol. The summed E-state index contributed by atoms with van der Waals surface area (Å²) in [5.74, 6) is 0.823. The molecule has 0 radical (unpaired) electrons. The summed E-state index contributed by atoms with van der Waals surface area (Å²) in [7, 11) is 0. The number of nitrogens with one attached hydrogen (secondary N) is 1. The van der Waals surface area contributed by atoms with E-state index in [0.717, 1.165) is 27.5 Å². The molecule has 0 aliphatic rings. The molecule has 1 N–H and O–H groups in total. The maximum absolute atomic E-state index is 5.64. The minimum absolute atomic E-state index is 0.431. The lowest BCUT2D eigenvalue weighted by Gasteiger charge is -2.05. The van der Waals surface area contributed by atoms with Gasteiger partial charge in [0.15, 0.2) is 0 Å². The molecule has 0 saturated carbocycles. The van der Waals surface area contributed by atoms with E-state index >= 15 is 0 Å². The molecule has 4 nitrogen and oxygen atoms in total. The maximum atomic E-state index is 5.64. The molecule has 0 fully saturated rings. The summed E-state index contributed by atoms with van der Waals surface area (Å²) in [4.78, 5) is 0. The van der Waals surface area contributed by atoms with Crippen LogP contribution in [0.3, 0.4) is 0 Å². The summed E-state index contributed by atoms with van der Waals surface area (Å²) in [6.45, 7) is 3.33. The molecule has 0 amide bonds. The fourth-order valence-electron chi connectivity index (χ4n) is 1.28. The minimum atomic E-state index is 0.431. The summed E-state index contributed by atoms with van der Waals surface area (Å²) >= 11 is 4.73. The zero-order valence-corrected chi connectivity index (χ0v) is 11.7. The third-order valence-electron chi connectivity index (χ3n) is 2.08. The zero-order chi connectivity index (χ0) is 12.1. The van der Waals surface area contributed by atoms with Crippen LogP contribution in [-0.2, 0) is 6.61 Å². The van der Waals surface area contributed by atoms with Crippen molar-refractivity contribution in [1.29, 1.82) is 0 Å². The number of nitrogens with zero attached hydrogens (tertiary/aromatic N) is 2. The van der Waals surface area contributed by atoms with Gasteiger partial charge in [0.2, 0.25) is 0 Å². The third-order valence-corrected chi connectivity index (χ3v) is 3.34. The van der Waals surface area contributed by atoms with Crippen LogP contribution >= 0.6 is 27.5 Å². The number of anilines is 1. The predicted molar refractivity (Wildman–Crippen MR) is 72.5 cm³/mol. The number of ether oxygens (including phenoxy) is 1. The largest absolute Gasteiger partial charge is 0.487 e. The molecule has 0 unspecified atom stereocenters. The lowest BCUT2D eigenvalue weighted by molar-refractivity contribution is 0.301. The average Bonchev–Trinajstić information content (AvgIpc) is 2.77. The molecule has 0 bridgehead atoms. The van der Waals surface area contributed by atoms with Crippen molar-refractivity contribution in [2.75, 3.05) is 11.9 Å².